The number of hydrogen-bond donors (Lipinski definition) is 2. The molecule has 0 fully saturated rings. The van der Waals surface area contributed by atoms with Crippen LogP contribution in [0.25, 0.3) is 27.8 Å². The van der Waals surface area contributed by atoms with Gasteiger partial charge >= 0.3 is 0 Å². The molecule has 174 valence electrons. The molecule has 0 saturated heterocycles. The van der Waals surface area contributed by atoms with Gasteiger partial charge in [0.15, 0.2) is 0 Å². The summed E-state index contributed by atoms with van der Waals surface area (Å²) in [6.07, 6.45) is 3.80. The van der Waals surface area contributed by atoms with Crippen LogP contribution in [0.4, 0.5) is 14.6 Å². The maximum atomic E-state index is 15.0. The number of nitrogens with one attached hydrogen (secondary N) is 1. The Morgan fingerprint density at radius 3 is 2.47 bits per heavy atom. The van der Waals surface area contributed by atoms with Crippen LogP contribution in [0, 0.1) is 11.8 Å². The van der Waals surface area contributed by atoms with Gasteiger partial charge in [0, 0.05) is 41.9 Å². The van der Waals surface area contributed by atoms with Crippen molar-refractivity contribution in [3.05, 3.63) is 77.0 Å². The fourth-order valence-electron chi connectivity index (χ4n) is 4.70. The fraction of sp³-hybridized carbons (Fsp3) is 0.259. The molecular formula is C27H26F2N4O. The van der Waals surface area contributed by atoms with Gasteiger partial charge in [-0.15, -0.1) is 0 Å². The molecular weight excluding hydrogens is 434 g/mol. The molecule has 2 aromatic carbocycles. The molecule has 2 aliphatic heterocycles. The average Bonchev–Trinajstić information content (AvgIpc) is 2.85. The molecule has 3 N–H and O–H groups in total. The number of rotatable bonds is 4. The summed E-state index contributed by atoms with van der Waals surface area (Å²) in [5, 5.41) is 2.71. The molecule has 0 aliphatic carbocycles. The Hall–Kier alpha value is -3.58. The normalized spacial score (nSPS) is 16.1. The maximum absolute atomic E-state index is 15.0. The second-order valence-corrected chi connectivity index (χ2v) is 8.70. The van der Waals surface area contributed by atoms with Crippen LogP contribution in [0.15, 0.2) is 48.5 Å². The zero-order valence-corrected chi connectivity index (χ0v) is 19.0. The first-order chi connectivity index (χ1) is 16.4. The molecule has 2 aliphatic rings. The second-order valence-electron chi connectivity index (χ2n) is 8.70. The van der Waals surface area contributed by atoms with Gasteiger partial charge in [0.1, 0.15) is 11.6 Å². The Morgan fingerprint density at radius 2 is 1.76 bits per heavy atom. The number of anilines is 1. The van der Waals surface area contributed by atoms with Crippen molar-refractivity contribution in [3.8, 4) is 22.3 Å². The SMILES string of the molecule is CCN1CC=C(c2ccc(-c3cc(-c4cc5c(cc4F)C(=O)NCC5)c(N)nc3F)cc2)CC1. The Morgan fingerprint density at radius 1 is 1.00 bits per heavy atom. The van der Waals surface area contributed by atoms with Crippen molar-refractivity contribution in [2.75, 3.05) is 31.9 Å². The molecule has 7 heteroatoms. The number of nitrogen functional groups attached to an aromatic ring is 1. The number of halogens is 2. The summed E-state index contributed by atoms with van der Waals surface area (Å²) in [5.74, 6) is -1.69. The molecule has 5 nitrogen and oxygen atoms in total. The van der Waals surface area contributed by atoms with Crippen LogP contribution >= 0.6 is 0 Å². The number of nitrogens with zero attached hydrogens (tertiary/aromatic N) is 2. The van der Waals surface area contributed by atoms with E-state index < -0.39 is 11.8 Å². The number of carbonyl (C=O) groups is 1. The number of likely N-dealkylation sites (N-methyl/N-ethyl adjacent to an activating group) is 1. The summed E-state index contributed by atoms with van der Waals surface area (Å²) in [5.41, 5.74) is 10.9. The summed E-state index contributed by atoms with van der Waals surface area (Å²) in [6, 6.07) is 12.1. The van der Waals surface area contributed by atoms with Crippen LogP contribution in [-0.4, -0.2) is 42.0 Å². The van der Waals surface area contributed by atoms with Crippen molar-refractivity contribution < 1.29 is 13.6 Å². The highest BCUT2D eigenvalue weighted by Crippen LogP contribution is 2.35. The van der Waals surface area contributed by atoms with Gasteiger partial charge in [0.25, 0.3) is 5.91 Å². The lowest BCUT2D eigenvalue weighted by molar-refractivity contribution is 0.0945. The van der Waals surface area contributed by atoms with E-state index in [1.54, 1.807) is 12.1 Å². The van der Waals surface area contributed by atoms with Gasteiger partial charge in [-0.25, -0.2) is 9.37 Å². The van der Waals surface area contributed by atoms with Crippen molar-refractivity contribution >= 4 is 17.3 Å². The molecule has 0 unspecified atom stereocenters. The third kappa shape index (κ3) is 4.07. The molecule has 1 amide bonds. The van der Waals surface area contributed by atoms with E-state index in [9.17, 15) is 13.6 Å². The Balaban J connectivity index is 1.50. The lowest BCUT2D eigenvalue weighted by Gasteiger charge is -2.25. The Kier molecular flexibility index (Phi) is 5.87. The van der Waals surface area contributed by atoms with Gasteiger partial charge < -0.3 is 11.1 Å². The number of nitrogens with two attached hydrogens (primary N) is 1. The number of pyridine rings is 1. The molecule has 0 atom stereocenters. The highest BCUT2D eigenvalue weighted by Gasteiger charge is 2.22. The number of aromatic nitrogens is 1. The first-order valence-corrected chi connectivity index (χ1v) is 11.5. The van der Waals surface area contributed by atoms with E-state index in [2.05, 4.69) is 28.2 Å². The summed E-state index contributed by atoms with van der Waals surface area (Å²) in [4.78, 5) is 18.3. The maximum Gasteiger partial charge on any atom is 0.251 e. The third-order valence-corrected chi connectivity index (χ3v) is 6.72. The quantitative estimate of drug-likeness (QED) is 0.555. The first-order valence-electron chi connectivity index (χ1n) is 11.5. The monoisotopic (exact) mass is 460 g/mol. The minimum atomic E-state index is -0.706. The predicted octanol–water partition coefficient (Wildman–Crippen LogP) is 4.67. The Bertz CT molecular complexity index is 1300. The molecule has 0 spiro atoms. The predicted molar refractivity (Wildman–Crippen MR) is 130 cm³/mol. The van der Waals surface area contributed by atoms with E-state index in [4.69, 9.17) is 5.73 Å². The molecule has 0 radical (unpaired) electrons. The third-order valence-electron chi connectivity index (χ3n) is 6.72. The highest BCUT2D eigenvalue weighted by molar-refractivity contribution is 5.97. The van der Waals surface area contributed by atoms with Crippen LogP contribution < -0.4 is 11.1 Å². The lowest BCUT2D eigenvalue weighted by atomic mass is 9.93. The van der Waals surface area contributed by atoms with Crippen molar-refractivity contribution in [2.45, 2.75) is 19.8 Å². The molecule has 0 bridgehead atoms. The van der Waals surface area contributed by atoms with E-state index in [0.29, 0.717) is 29.7 Å². The van der Waals surface area contributed by atoms with E-state index in [1.807, 2.05) is 24.3 Å². The number of carbonyl (C=O) groups excluding carboxylic acids is 1. The summed E-state index contributed by atoms with van der Waals surface area (Å²) < 4.78 is 29.8. The topological polar surface area (TPSA) is 71.2 Å². The average molecular weight is 461 g/mol. The van der Waals surface area contributed by atoms with E-state index >= 15 is 0 Å². The number of amides is 1. The standard InChI is InChI=1S/C27H26F2N4O/c1-2-33-11-8-17(9-12-33)16-3-5-18(6-4-16)20-14-23(26(30)32-25(20)29)22-13-19-7-10-31-27(34)21(19)15-24(22)28/h3-6,8,13-15H,2,7,9-12H2,1H3,(H2,30,32)(H,31,34). The second kappa shape index (κ2) is 8.99. The van der Waals surface area contributed by atoms with Crippen LogP contribution in [-0.2, 0) is 6.42 Å². The van der Waals surface area contributed by atoms with Gasteiger partial charge in [-0.1, -0.05) is 37.3 Å². The number of hydrogen-bond acceptors (Lipinski definition) is 4. The zero-order chi connectivity index (χ0) is 23.8. The van der Waals surface area contributed by atoms with Crippen LogP contribution in [0.1, 0.15) is 34.8 Å². The van der Waals surface area contributed by atoms with Crippen molar-refractivity contribution in [1.82, 2.24) is 15.2 Å². The van der Waals surface area contributed by atoms with Crippen molar-refractivity contribution in [2.24, 2.45) is 0 Å². The first kappa shape index (κ1) is 22.2. The summed E-state index contributed by atoms with van der Waals surface area (Å²) in [7, 11) is 0. The number of fused-ring (bicyclic) bond motifs is 1. The number of benzene rings is 2. The smallest absolute Gasteiger partial charge is 0.251 e. The van der Waals surface area contributed by atoms with Gasteiger partial charge in [0.05, 0.1) is 0 Å². The van der Waals surface area contributed by atoms with E-state index in [0.717, 1.165) is 37.2 Å². The Labute approximate surface area is 197 Å². The fourth-order valence-corrected chi connectivity index (χ4v) is 4.70. The lowest BCUT2D eigenvalue weighted by Crippen LogP contribution is -2.32. The molecule has 3 aromatic rings. The van der Waals surface area contributed by atoms with Crippen LogP contribution in [0.2, 0.25) is 0 Å². The largest absolute Gasteiger partial charge is 0.383 e. The van der Waals surface area contributed by atoms with Crippen molar-refractivity contribution in [1.29, 1.82) is 0 Å². The summed E-state index contributed by atoms with van der Waals surface area (Å²) >= 11 is 0. The zero-order valence-electron chi connectivity index (χ0n) is 19.0. The summed E-state index contributed by atoms with van der Waals surface area (Å²) in [6.45, 7) is 5.63. The van der Waals surface area contributed by atoms with Crippen LogP contribution in [0.5, 0.6) is 0 Å². The molecule has 1 aromatic heterocycles. The minimum Gasteiger partial charge on any atom is -0.383 e. The van der Waals surface area contributed by atoms with E-state index in [-0.39, 0.29) is 22.9 Å². The van der Waals surface area contributed by atoms with Gasteiger partial charge in [-0.2, -0.15) is 4.39 Å². The highest BCUT2D eigenvalue weighted by atomic mass is 19.1. The molecule has 5 rings (SSSR count). The van der Waals surface area contributed by atoms with Crippen LogP contribution in [0.3, 0.4) is 0 Å². The van der Waals surface area contributed by atoms with Gasteiger partial charge in [0.2, 0.25) is 5.95 Å². The van der Waals surface area contributed by atoms with Crippen molar-refractivity contribution in [3.63, 3.8) is 0 Å². The minimum absolute atomic E-state index is 0.0928. The van der Waals surface area contributed by atoms with E-state index in [1.165, 1.54) is 11.6 Å². The molecule has 34 heavy (non-hydrogen) atoms. The molecule has 0 saturated carbocycles. The van der Waals surface area contributed by atoms with Gasteiger partial charge in [-0.05, 0) is 59.8 Å². The molecule has 3 heterocycles. The van der Waals surface area contributed by atoms with Gasteiger partial charge in [-0.3, -0.25) is 9.69 Å².